The predicted molar refractivity (Wildman–Crippen MR) is 79.9 cm³/mol. The molecule has 0 saturated carbocycles. The smallest absolute Gasteiger partial charge is 0.165 e. The van der Waals surface area contributed by atoms with Crippen molar-refractivity contribution in [2.75, 3.05) is 0 Å². The summed E-state index contributed by atoms with van der Waals surface area (Å²) in [6.45, 7) is 4.28. The number of carbonyl (C=O) groups excluding carboxylic acids is 1. The number of carbonyl (C=O) groups is 1. The van der Waals surface area contributed by atoms with Crippen molar-refractivity contribution in [2.45, 2.75) is 33.1 Å². The molecule has 0 aliphatic heterocycles. The van der Waals surface area contributed by atoms with Crippen molar-refractivity contribution in [3.05, 3.63) is 65.0 Å². The fraction of sp³-hybridized carbons (Fsp3) is 0.333. The Morgan fingerprint density at radius 2 is 1.80 bits per heavy atom. The molecule has 0 unspecified atom stereocenters. The van der Waals surface area contributed by atoms with Crippen molar-refractivity contribution in [2.24, 2.45) is 5.41 Å². The second kappa shape index (κ2) is 4.86. The van der Waals surface area contributed by atoms with E-state index in [4.69, 9.17) is 4.98 Å². The van der Waals surface area contributed by atoms with E-state index in [-0.39, 0.29) is 11.2 Å². The highest BCUT2D eigenvalue weighted by atomic mass is 16.1. The second-order valence-electron chi connectivity index (χ2n) is 6.40. The third kappa shape index (κ3) is 2.64. The van der Waals surface area contributed by atoms with Crippen LogP contribution in [0.3, 0.4) is 0 Å². The van der Waals surface area contributed by atoms with Crippen molar-refractivity contribution < 1.29 is 4.79 Å². The van der Waals surface area contributed by atoms with E-state index in [0.29, 0.717) is 6.42 Å². The summed E-state index contributed by atoms with van der Waals surface area (Å²) in [6.07, 6.45) is 2.33. The molecule has 0 bridgehead atoms. The highest BCUT2D eigenvalue weighted by Gasteiger charge is 2.31. The number of ketones is 1. The Bertz CT molecular complexity index is 644. The molecule has 0 spiro atoms. The molecule has 1 heterocycles. The summed E-state index contributed by atoms with van der Waals surface area (Å²) in [5, 5.41) is 0. The highest BCUT2D eigenvalue weighted by molar-refractivity contribution is 5.98. The third-order valence-corrected chi connectivity index (χ3v) is 3.85. The van der Waals surface area contributed by atoms with Gasteiger partial charge in [0.05, 0.1) is 5.69 Å². The predicted octanol–water partition coefficient (Wildman–Crippen LogP) is 3.83. The molecule has 0 fully saturated rings. The summed E-state index contributed by atoms with van der Waals surface area (Å²) in [5.74, 6) is 0.231. The van der Waals surface area contributed by atoms with E-state index in [1.54, 1.807) is 0 Å². The zero-order chi connectivity index (χ0) is 14.2. The zero-order valence-corrected chi connectivity index (χ0v) is 12.0. The van der Waals surface area contributed by atoms with Gasteiger partial charge in [-0.1, -0.05) is 44.2 Å². The van der Waals surface area contributed by atoms with Crippen LogP contribution in [-0.2, 0) is 12.8 Å². The van der Waals surface area contributed by atoms with Crippen molar-refractivity contribution in [1.29, 1.82) is 0 Å². The number of Topliss-reactive ketones (excluding diaryl/α,β-unsaturated/α-hetero) is 1. The lowest BCUT2D eigenvalue weighted by atomic mass is 9.75. The van der Waals surface area contributed by atoms with Crippen molar-refractivity contribution >= 4 is 5.78 Å². The van der Waals surface area contributed by atoms with Crippen LogP contribution in [0.25, 0.3) is 0 Å². The molecule has 0 saturated heterocycles. The molecule has 2 heteroatoms. The summed E-state index contributed by atoms with van der Waals surface area (Å²) in [5.41, 5.74) is 4.12. The van der Waals surface area contributed by atoms with E-state index in [1.165, 1.54) is 5.56 Å². The minimum atomic E-state index is 0.0302. The topological polar surface area (TPSA) is 30.0 Å². The third-order valence-electron chi connectivity index (χ3n) is 3.85. The largest absolute Gasteiger partial charge is 0.294 e. The van der Waals surface area contributed by atoms with E-state index in [2.05, 4.69) is 26.0 Å². The fourth-order valence-electron chi connectivity index (χ4n) is 2.88. The number of pyridine rings is 1. The molecular formula is C18H19NO. The number of aromatic nitrogens is 1. The second-order valence-corrected chi connectivity index (χ2v) is 6.40. The van der Waals surface area contributed by atoms with Gasteiger partial charge in [0.2, 0.25) is 0 Å². The van der Waals surface area contributed by atoms with Gasteiger partial charge < -0.3 is 0 Å². The van der Waals surface area contributed by atoms with Crippen molar-refractivity contribution in [3.63, 3.8) is 0 Å². The average molecular weight is 265 g/mol. The summed E-state index contributed by atoms with van der Waals surface area (Å²) in [4.78, 5) is 16.9. The highest BCUT2D eigenvalue weighted by Crippen LogP contribution is 2.33. The van der Waals surface area contributed by atoms with Crippen LogP contribution in [0, 0.1) is 5.41 Å². The van der Waals surface area contributed by atoms with E-state index in [9.17, 15) is 4.79 Å². The van der Waals surface area contributed by atoms with Crippen LogP contribution in [0.1, 0.15) is 47.6 Å². The van der Waals surface area contributed by atoms with E-state index in [0.717, 1.165) is 29.8 Å². The van der Waals surface area contributed by atoms with Crippen LogP contribution in [0.2, 0.25) is 0 Å². The van der Waals surface area contributed by atoms with Crippen LogP contribution in [0.15, 0.2) is 42.5 Å². The van der Waals surface area contributed by atoms with Gasteiger partial charge >= 0.3 is 0 Å². The molecule has 1 aromatic carbocycles. The Morgan fingerprint density at radius 1 is 1.05 bits per heavy atom. The molecule has 0 atom stereocenters. The first-order valence-corrected chi connectivity index (χ1v) is 7.09. The number of hydrogen-bond donors (Lipinski definition) is 0. The summed E-state index contributed by atoms with van der Waals surface area (Å²) in [6, 6.07) is 14.3. The van der Waals surface area contributed by atoms with Gasteiger partial charge in [0, 0.05) is 24.1 Å². The van der Waals surface area contributed by atoms with Gasteiger partial charge in [0.1, 0.15) is 0 Å². The number of fused-ring (bicyclic) bond motifs is 1. The first kappa shape index (κ1) is 13.0. The summed E-state index contributed by atoms with van der Waals surface area (Å²) >= 11 is 0. The van der Waals surface area contributed by atoms with E-state index >= 15 is 0 Å². The normalized spacial score (nSPS) is 16.8. The van der Waals surface area contributed by atoms with Crippen LogP contribution >= 0.6 is 0 Å². The molecule has 0 amide bonds. The molecule has 1 aromatic heterocycles. The van der Waals surface area contributed by atoms with E-state index < -0.39 is 0 Å². The fourth-order valence-corrected chi connectivity index (χ4v) is 2.88. The van der Waals surface area contributed by atoms with Crippen LogP contribution in [0.4, 0.5) is 0 Å². The maximum absolute atomic E-state index is 12.1. The van der Waals surface area contributed by atoms with E-state index in [1.807, 2.05) is 30.3 Å². The lowest BCUT2D eigenvalue weighted by molar-refractivity contribution is 0.0910. The Kier molecular flexibility index (Phi) is 3.17. The summed E-state index contributed by atoms with van der Waals surface area (Å²) in [7, 11) is 0. The molecule has 1 aliphatic carbocycles. The minimum absolute atomic E-state index is 0.0302. The first-order chi connectivity index (χ1) is 9.53. The molecule has 102 valence electrons. The number of rotatable bonds is 2. The Morgan fingerprint density at radius 3 is 2.55 bits per heavy atom. The molecule has 1 aliphatic rings. The van der Waals surface area contributed by atoms with Gasteiger partial charge in [-0.15, -0.1) is 0 Å². The lowest BCUT2D eigenvalue weighted by Gasteiger charge is -2.29. The van der Waals surface area contributed by atoms with Crippen LogP contribution in [-0.4, -0.2) is 10.8 Å². The zero-order valence-electron chi connectivity index (χ0n) is 12.0. The van der Waals surface area contributed by atoms with Gasteiger partial charge in [-0.25, -0.2) is 0 Å². The maximum Gasteiger partial charge on any atom is 0.165 e. The first-order valence-electron chi connectivity index (χ1n) is 7.09. The van der Waals surface area contributed by atoms with Gasteiger partial charge in [0.15, 0.2) is 5.78 Å². The van der Waals surface area contributed by atoms with Crippen molar-refractivity contribution in [3.8, 4) is 0 Å². The number of hydrogen-bond acceptors (Lipinski definition) is 2. The molecular weight excluding hydrogens is 246 g/mol. The Balaban J connectivity index is 1.91. The Hall–Kier alpha value is -1.96. The standard InChI is InChI=1S/C18H19NO/c1-18(2)11-16-15(17(20)12-18)9-8-14(19-16)10-13-6-4-3-5-7-13/h3-9H,10-12H2,1-2H3. The lowest BCUT2D eigenvalue weighted by Crippen LogP contribution is -2.28. The maximum atomic E-state index is 12.1. The SMILES string of the molecule is CC1(C)CC(=O)c2ccc(Cc3ccccc3)nc2C1. The quantitative estimate of drug-likeness (QED) is 0.826. The number of benzene rings is 1. The van der Waals surface area contributed by atoms with Gasteiger partial charge in [-0.2, -0.15) is 0 Å². The van der Waals surface area contributed by atoms with Gasteiger partial charge in [-0.3, -0.25) is 9.78 Å². The molecule has 0 N–H and O–H groups in total. The van der Waals surface area contributed by atoms with Gasteiger partial charge in [0.25, 0.3) is 0 Å². The molecule has 2 aromatic rings. The monoisotopic (exact) mass is 265 g/mol. The number of nitrogens with zero attached hydrogens (tertiary/aromatic N) is 1. The van der Waals surface area contributed by atoms with Gasteiger partial charge in [-0.05, 0) is 29.5 Å². The van der Waals surface area contributed by atoms with Crippen molar-refractivity contribution in [1.82, 2.24) is 4.98 Å². The average Bonchev–Trinajstić information content (AvgIpc) is 2.38. The molecule has 2 nitrogen and oxygen atoms in total. The summed E-state index contributed by atoms with van der Waals surface area (Å²) < 4.78 is 0. The molecule has 20 heavy (non-hydrogen) atoms. The minimum Gasteiger partial charge on any atom is -0.294 e. The molecule has 3 rings (SSSR count). The molecule has 0 radical (unpaired) electrons. The van der Waals surface area contributed by atoms with Crippen LogP contribution in [0.5, 0.6) is 0 Å². The Labute approximate surface area is 119 Å². The van der Waals surface area contributed by atoms with Crippen LogP contribution < -0.4 is 0 Å².